The van der Waals surface area contributed by atoms with Crippen molar-refractivity contribution >= 4 is 29.4 Å². The van der Waals surface area contributed by atoms with E-state index >= 15 is 0 Å². The highest BCUT2D eigenvalue weighted by Gasteiger charge is 2.12. The van der Waals surface area contributed by atoms with Crippen LogP contribution in [0.3, 0.4) is 0 Å². The van der Waals surface area contributed by atoms with Gasteiger partial charge in [-0.05, 0) is 62.9 Å². The quantitative estimate of drug-likeness (QED) is 0.403. The summed E-state index contributed by atoms with van der Waals surface area (Å²) in [6.07, 6.45) is 4.90. The van der Waals surface area contributed by atoms with E-state index in [1.165, 1.54) is 0 Å². The maximum Gasteiger partial charge on any atom is 0.129 e. The SMILES string of the molecule is CCc1cc(OCC=C(Cl)Cl)cc(CC)c1OCC=NOC(C)(C)C. The largest absolute Gasteiger partial charge is 0.489 e. The number of hydrogen-bond acceptors (Lipinski definition) is 4. The zero-order valence-corrected chi connectivity index (χ0v) is 17.1. The van der Waals surface area contributed by atoms with E-state index in [0.717, 1.165) is 35.5 Å². The lowest BCUT2D eigenvalue weighted by molar-refractivity contribution is 0.00128. The first kappa shape index (κ1) is 21.7. The van der Waals surface area contributed by atoms with Gasteiger partial charge in [-0.1, -0.05) is 42.2 Å². The normalized spacial score (nSPS) is 11.5. The zero-order valence-electron chi connectivity index (χ0n) is 15.6. The van der Waals surface area contributed by atoms with E-state index < -0.39 is 0 Å². The van der Waals surface area contributed by atoms with Gasteiger partial charge in [0.05, 0.1) is 6.21 Å². The molecule has 0 unspecified atom stereocenters. The van der Waals surface area contributed by atoms with Gasteiger partial charge in [0, 0.05) is 0 Å². The Balaban J connectivity index is 2.82. The predicted molar refractivity (Wildman–Crippen MR) is 105 cm³/mol. The van der Waals surface area contributed by atoms with Crippen molar-refractivity contribution in [3.05, 3.63) is 33.8 Å². The summed E-state index contributed by atoms with van der Waals surface area (Å²) in [5.41, 5.74) is 1.86. The summed E-state index contributed by atoms with van der Waals surface area (Å²) in [5, 5.41) is 3.94. The summed E-state index contributed by atoms with van der Waals surface area (Å²) in [4.78, 5) is 5.31. The molecule has 0 N–H and O–H groups in total. The molecule has 0 spiro atoms. The van der Waals surface area contributed by atoms with Crippen LogP contribution >= 0.6 is 23.2 Å². The predicted octanol–water partition coefficient (Wildman–Crippen LogP) is 5.69. The molecule has 0 amide bonds. The molecule has 0 saturated carbocycles. The number of rotatable bonds is 9. The van der Waals surface area contributed by atoms with E-state index in [1.54, 1.807) is 12.3 Å². The molecular formula is C19H27Cl2NO3. The molecule has 1 aromatic carbocycles. The first-order valence-corrected chi connectivity index (χ1v) is 9.15. The molecular weight excluding hydrogens is 361 g/mol. The van der Waals surface area contributed by atoms with Crippen molar-refractivity contribution in [1.82, 2.24) is 0 Å². The zero-order chi connectivity index (χ0) is 18.9. The number of oxime groups is 1. The highest BCUT2D eigenvalue weighted by molar-refractivity contribution is 6.55. The van der Waals surface area contributed by atoms with E-state index in [-0.39, 0.29) is 10.1 Å². The van der Waals surface area contributed by atoms with Gasteiger partial charge in [0.2, 0.25) is 0 Å². The van der Waals surface area contributed by atoms with Crippen LogP contribution in [0.15, 0.2) is 27.9 Å². The standard InChI is InChI=1S/C19H27Cl2NO3/c1-6-14-12-16(23-10-8-17(20)21)13-15(7-2)18(14)24-11-9-22-25-19(3,4)5/h8-9,12-13H,6-7,10-11H2,1-5H3. The van der Waals surface area contributed by atoms with Crippen LogP contribution in [0.1, 0.15) is 45.7 Å². The first-order chi connectivity index (χ1) is 11.8. The molecule has 0 bridgehead atoms. The van der Waals surface area contributed by atoms with Crippen molar-refractivity contribution in [2.24, 2.45) is 5.16 Å². The van der Waals surface area contributed by atoms with Gasteiger partial charge in [0.25, 0.3) is 0 Å². The molecule has 0 atom stereocenters. The van der Waals surface area contributed by atoms with Crippen LogP contribution in [-0.4, -0.2) is 25.0 Å². The molecule has 6 heteroatoms. The van der Waals surface area contributed by atoms with Crippen molar-refractivity contribution in [2.45, 2.75) is 53.1 Å². The van der Waals surface area contributed by atoms with E-state index in [2.05, 4.69) is 19.0 Å². The lowest BCUT2D eigenvalue weighted by Crippen LogP contribution is -2.16. The smallest absolute Gasteiger partial charge is 0.129 e. The van der Waals surface area contributed by atoms with Gasteiger partial charge in [-0.15, -0.1) is 0 Å². The molecule has 0 saturated heterocycles. The first-order valence-electron chi connectivity index (χ1n) is 8.39. The van der Waals surface area contributed by atoms with E-state index in [1.807, 2.05) is 32.9 Å². The summed E-state index contributed by atoms with van der Waals surface area (Å²) in [6.45, 7) is 10.7. The maximum atomic E-state index is 5.92. The Labute approximate surface area is 160 Å². The van der Waals surface area contributed by atoms with Gasteiger partial charge >= 0.3 is 0 Å². The molecule has 0 aromatic heterocycles. The topological polar surface area (TPSA) is 40.0 Å². The van der Waals surface area contributed by atoms with Gasteiger partial charge in [0.1, 0.15) is 34.8 Å². The van der Waals surface area contributed by atoms with Crippen molar-refractivity contribution in [1.29, 1.82) is 0 Å². The van der Waals surface area contributed by atoms with E-state index in [0.29, 0.717) is 13.2 Å². The number of aryl methyl sites for hydroxylation is 2. The Kier molecular flexibility index (Phi) is 9.15. The highest BCUT2D eigenvalue weighted by atomic mass is 35.5. The Morgan fingerprint density at radius 2 is 1.64 bits per heavy atom. The average molecular weight is 388 g/mol. The molecule has 0 fully saturated rings. The molecule has 0 aliphatic rings. The molecule has 0 radical (unpaired) electrons. The number of halogens is 2. The second kappa shape index (κ2) is 10.6. The van der Waals surface area contributed by atoms with Gasteiger partial charge < -0.3 is 14.3 Å². The van der Waals surface area contributed by atoms with Crippen molar-refractivity contribution in [3.63, 3.8) is 0 Å². The average Bonchev–Trinajstić information content (AvgIpc) is 2.53. The Morgan fingerprint density at radius 1 is 1.04 bits per heavy atom. The Morgan fingerprint density at radius 3 is 2.12 bits per heavy atom. The van der Waals surface area contributed by atoms with Crippen molar-refractivity contribution in [2.75, 3.05) is 13.2 Å². The Bertz CT molecular complexity index is 578. The van der Waals surface area contributed by atoms with Crippen LogP contribution in [0.4, 0.5) is 0 Å². The third kappa shape index (κ3) is 8.50. The van der Waals surface area contributed by atoms with Crippen LogP contribution in [-0.2, 0) is 17.7 Å². The highest BCUT2D eigenvalue weighted by Crippen LogP contribution is 2.30. The lowest BCUT2D eigenvalue weighted by atomic mass is 10.0. The second-order valence-corrected chi connectivity index (χ2v) is 7.39. The molecule has 0 aliphatic carbocycles. The monoisotopic (exact) mass is 387 g/mol. The minimum atomic E-state index is -0.307. The fourth-order valence-corrected chi connectivity index (χ4v) is 2.19. The maximum absolute atomic E-state index is 5.92. The number of nitrogens with zero attached hydrogens (tertiary/aromatic N) is 1. The van der Waals surface area contributed by atoms with Crippen molar-refractivity contribution in [3.8, 4) is 11.5 Å². The minimum absolute atomic E-state index is 0.197. The molecule has 0 aliphatic heterocycles. The van der Waals surface area contributed by atoms with Gasteiger partial charge in [-0.25, -0.2) is 0 Å². The molecule has 4 nitrogen and oxygen atoms in total. The van der Waals surface area contributed by atoms with Crippen LogP contribution < -0.4 is 9.47 Å². The van der Waals surface area contributed by atoms with Crippen LogP contribution in [0.2, 0.25) is 0 Å². The summed E-state index contributed by atoms with van der Waals surface area (Å²) < 4.78 is 11.8. The Hall–Kier alpha value is -1.39. The summed E-state index contributed by atoms with van der Waals surface area (Å²) in [6, 6.07) is 3.96. The molecule has 1 rings (SSSR count). The molecule has 1 aromatic rings. The van der Waals surface area contributed by atoms with Gasteiger partial charge in [0.15, 0.2) is 0 Å². The minimum Gasteiger partial charge on any atom is -0.489 e. The lowest BCUT2D eigenvalue weighted by Gasteiger charge is -2.17. The van der Waals surface area contributed by atoms with Crippen LogP contribution in [0.25, 0.3) is 0 Å². The van der Waals surface area contributed by atoms with Gasteiger partial charge in [-0.3, -0.25) is 0 Å². The van der Waals surface area contributed by atoms with Crippen molar-refractivity contribution < 1.29 is 14.3 Å². The fraction of sp³-hybridized carbons (Fsp3) is 0.526. The van der Waals surface area contributed by atoms with E-state index in [9.17, 15) is 0 Å². The van der Waals surface area contributed by atoms with E-state index in [4.69, 9.17) is 37.5 Å². The third-order valence-electron chi connectivity index (χ3n) is 3.17. The number of ether oxygens (including phenoxy) is 2. The van der Waals surface area contributed by atoms with Gasteiger partial charge in [-0.2, -0.15) is 0 Å². The number of benzene rings is 1. The van der Waals surface area contributed by atoms with Crippen LogP contribution in [0, 0.1) is 0 Å². The van der Waals surface area contributed by atoms with Crippen LogP contribution in [0.5, 0.6) is 11.5 Å². The number of hydrogen-bond donors (Lipinski definition) is 0. The molecule has 140 valence electrons. The second-order valence-electron chi connectivity index (χ2n) is 6.39. The summed E-state index contributed by atoms with van der Waals surface area (Å²) in [5.74, 6) is 1.65. The fourth-order valence-electron chi connectivity index (χ4n) is 2.06. The third-order valence-corrected chi connectivity index (χ3v) is 3.48. The molecule has 25 heavy (non-hydrogen) atoms. The molecule has 0 heterocycles. The summed E-state index contributed by atoms with van der Waals surface area (Å²) >= 11 is 11.2. The summed E-state index contributed by atoms with van der Waals surface area (Å²) in [7, 11) is 0.